The van der Waals surface area contributed by atoms with Crippen LogP contribution in [0.3, 0.4) is 0 Å². The predicted octanol–water partition coefficient (Wildman–Crippen LogP) is 2.94. The normalized spacial score (nSPS) is 19.3. The first-order chi connectivity index (χ1) is 9.26. The summed E-state index contributed by atoms with van der Waals surface area (Å²) in [5.41, 5.74) is 2.88. The summed E-state index contributed by atoms with van der Waals surface area (Å²) in [7, 11) is 1.72. The summed E-state index contributed by atoms with van der Waals surface area (Å²) < 4.78 is 5.31. The molecule has 2 nitrogen and oxygen atoms in total. The highest BCUT2D eigenvalue weighted by Crippen LogP contribution is 2.26. The van der Waals surface area contributed by atoms with Crippen molar-refractivity contribution in [1.82, 2.24) is 5.32 Å². The number of hydrogen-bond acceptors (Lipinski definition) is 2. The van der Waals surface area contributed by atoms with Gasteiger partial charge in [0, 0.05) is 18.5 Å². The molecule has 0 spiro atoms. The first-order valence-electron chi connectivity index (χ1n) is 7.12. The van der Waals surface area contributed by atoms with Gasteiger partial charge in [-0.3, -0.25) is 0 Å². The van der Waals surface area contributed by atoms with Gasteiger partial charge in [-0.25, -0.2) is 0 Å². The SMILES string of the molecule is C#CCC(CC)NC1CCc2ccc(OC)cc2C1. The van der Waals surface area contributed by atoms with Crippen LogP contribution in [0.5, 0.6) is 5.75 Å². The molecule has 0 heterocycles. The minimum atomic E-state index is 0.446. The Kier molecular flexibility index (Phi) is 4.87. The zero-order chi connectivity index (χ0) is 13.7. The van der Waals surface area contributed by atoms with Crippen molar-refractivity contribution in [3.63, 3.8) is 0 Å². The first kappa shape index (κ1) is 14.0. The molecule has 1 aliphatic rings. The van der Waals surface area contributed by atoms with Gasteiger partial charge in [-0.15, -0.1) is 12.3 Å². The van der Waals surface area contributed by atoms with Gasteiger partial charge >= 0.3 is 0 Å². The molecule has 2 unspecified atom stereocenters. The molecule has 1 aromatic rings. The van der Waals surface area contributed by atoms with Gasteiger partial charge < -0.3 is 10.1 Å². The molecule has 0 saturated carbocycles. The van der Waals surface area contributed by atoms with Gasteiger partial charge in [-0.2, -0.15) is 0 Å². The van der Waals surface area contributed by atoms with E-state index in [1.54, 1.807) is 7.11 Å². The molecule has 102 valence electrons. The minimum Gasteiger partial charge on any atom is -0.497 e. The third kappa shape index (κ3) is 3.52. The first-order valence-corrected chi connectivity index (χ1v) is 7.12. The van der Waals surface area contributed by atoms with E-state index in [9.17, 15) is 0 Å². The lowest BCUT2D eigenvalue weighted by Gasteiger charge is -2.29. The second kappa shape index (κ2) is 6.63. The predicted molar refractivity (Wildman–Crippen MR) is 79.5 cm³/mol. The molecule has 1 aliphatic carbocycles. The largest absolute Gasteiger partial charge is 0.497 e. The molecule has 0 bridgehead atoms. The van der Waals surface area contributed by atoms with E-state index < -0.39 is 0 Å². The van der Waals surface area contributed by atoms with E-state index in [0.29, 0.717) is 12.1 Å². The third-order valence-corrected chi connectivity index (χ3v) is 3.97. The topological polar surface area (TPSA) is 21.3 Å². The molecule has 0 amide bonds. The highest BCUT2D eigenvalue weighted by Gasteiger charge is 2.20. The van der Waals surface area contributed by atoms with Crippen molar-refractivity contribution in [3.8, 4) is 18.1 Å². The van der Waals surface area contributed by atoms with Crippen LogP contribution in [-0.2, 0) is 12.8 Å². The van der Waals surface area contributed by atoms with Crippen LogP contribution in [0.1, 0.15) is 37.3 Å². The van der Waals surface area contributed by atoms with Crippen molar-refractivity contribution >= 4 is 0 Å². The summed E-state index contributed by atoms with van der Waals surface area (Å²) in [4.78, 5) is 0. The maximum Gasteiger partial charge on any atom is 0.119 e. The Morgan fingerprint density at radius 2 is 2.32 bits per heavy atom. The lowest BCUT2D eigenvalue weighted by atomic mass is 9.87. The maximum atomic E-state index is 5.42. The average Bonchev–Trinajstić information content (AvgIpc) is 2.46. The van der Waals surface area contributed by atoms with Gasteiger partial charge in [0.15, 0.2) is 0 Å². The van der Waals surface area contributed by atoms with Crippen LogP contribution in [0, 0.1) is 12.3 Å². The average molecular weight is 257 g/mol. The van der Waals surface area contributed by atoms with Crippen molar-refractivity contribution in [2.75, 3.05) is 7.11 Å². The molecule has 0 saturated heterocycles. The summed E-state index contributed by atoms with van der Waals surface area (Å²) in [5.74, 6) is 3.72. The second-order valence-electron chi connectivity index (χ2n) is 5.25. The Morgan fingerprint density at radius 3 is 3.00 bits per heavy atom. The number of benzene rings is 1. The number of ether oxygens (including phenoxy) is 1. The standard InChI is InChI=1S/C17H23NO/c1-4-6-15(5-2)18-16-9-7-13-8-10-17(19-3)12-14(13)11-16/h1,8,10,12,15-16,18H,5-7,9,11H2,2-3H3. The molecule has 2 rings (SSSR count). The van der Waals surface area contributed by atoms with E-state index in [1.807, 2.05) is 0 Å². The number of aryl methyl sites for hydroxylation is 1. The van der Waals surface area contributed by atoms with Crippen molar-refractivity contribution in [2.24, 2.45) is 0 Å². The van der Waals surface area contributed by atoms with Crippen molar-refractivity contribution in [2.45, 2.75) is 51.1 Å². The van der Waals surface area contributed by atoms with Gasteiger partial charge in [0.1, 0.15) is 5.75 Å². The monoisotopic (exact) mass is 257 g/mol. The molecule has 0 radical (unpaired) electrons. The smallest absolute Gasteiger partial charge is 0.119 e. The Morgan fingerprint density at radius 1 is 1.47 bits per heavy atom. The number of nitrogens with one attached hydrogen (secondary N) is 1. The summed E-state index contributed by atoms with van der Waals surface area (Å²) >= 11 is 0. The molecular formula is C17H23NO. The van der Waals surface area contributed by atoms with Crippen LogP contribution in [-0.4, -0.2) is 19.2 Å². The Balaban J connectivity index is 2.02. The van der Waals surface area contributed by atoms with Crippen LogP contribution in [0.4, 0.5) is 0 Å². The summed E-state index contributed by atoms with van der Waals surface area (Å²) in [5, 5.41) is 3.70. The van der Waals surface area contributed by atoms with Gasteiger partial charge in [0.2, 0.25) is 0 Å². The number of rotatable bonds is 5. The van der Waals surface area contributed by atoms with Gasteiger partial charge in [-0.1, -0.05) is 13.0 Å². The zero-order valence-corrected chi connectivity index (χ0v) is 11.9. The van der Waals surface area contributed by atoms with E-state index in [4.69, 9.17) is 11.2 Å². The van der Waals surface area contributed by atoms with E-state index in [0.717, 1.165) is 31.4 Å². The number of fused-ring (bicyclic) bond motifs is 1. The fraction of sp³-hybridized carbons (Fsp3) is 0.529. The molecule has 0 aliphatic heterocycles. The highest BCUT2D eigenvalue weighted by molar-refractivity contribution is 5.37. The van der Waals surface area contributed by atoms with Crippen LogP contribution < -0.4 is 10.1 Å². The number of terminal acetylenes is 1. The molecule has 19 heavy (non-hydrogen) atoms. The molecular weight excluding hydrogens is 234 g/mol. The van der Waals surface area contributed by atoms with Crippen LogP contribution in [0.15, 0.2) is 18.2 Å². The van der Waals surface area contributed by atoms with Gasteiger partial charge in [0.05, 0.1) is 7.11 Å². The fourth-order valence-corrected chi connectivity index (χ4v) is 2.80. The zero-order valence-electron chi connectivity index (χ0n) is 11.9. The number of hydrogen-bond donors (Lipinski definition) is 1. The molecule has 0 fully saturated rings. The number of methoxy groups -OCH3 is 1. The molecule has 2 atom stereocenters. The Bertz CT molecular complexity index is 461. The van der Waals surface area contributed by atoms with Gasteiger partial charge in [-0.05, 0) is 48.9 Å². The molecule has 0 aromatic heterocycles. The summed E-state index contributed by atoms with van der Waals surface area (Å²) in [6.07, 6.45) is 10.7. The lowest BCUT2D eigenvalue weighted by molar-refractivity contribution is 0.385. The Hall–Kier alpha value is -1.46. The second-order valence-corrected chi connectivity index (χ2v) is 5.25. The van der Waals surface area contributed by atoms with Crippen LogP contribution in [0.2, 0.25) is 0 Å². The van der Waals surface area contributed by atoms with Crippen LogP contribution in [0.25, 0.3) is 0 Å². The lowest BCUT2D eigenvalue weighted by Crippen LogP contribution is -2.41. The fourth-order valence-electron chi connectivity index (χ4n) is 2.80. The van der Waals surface area contributed by atoms with E-state index in [2.05, 4.69) is 36.4 Å². The Labute approximate surface area is 116 Å². The van der Waals surface area contributed by atoms with E-state index in [-0.39, 0.29) is 0 Å². The van der Waals surface area contributed by atoms with Crippen molar-refractivity contribution < 1.29 is 4.74 Å². The summed E-state index contributed by atoms with van der Waals surface area (Å²) in [6, 6.07) is 7.41. The quantitative estimate of drug-likeness (QED) is 0.819. The maximum absolute atomic E-state index is 5.42. The summed E-state index contributed by atoms with van der Waals surface area (Å²) in [6.45, 7) is 2.19. The molecule has 1 aromatic carbocycles. The van der Waals surface area contributed by atoms with E-state index >= 15 is 0 Å². The minimum absolute atomic E-state index is 0.446. The molecule has 2 heteroatoms. The van der Waals surface area contributed by atoms with E-state index in [1.165, 1.54) is 17.5 Å². The van der Waals surface area contributed by atoms with Crippen LogP contribution >= 0.6 is 0 Å². The highest BCUT2D eigenvalue weighted by atomic mass is 16.5. The van der Waals surface area contributed by atoms with Crippen molar-refractivity contribution in [3.05, 3.63) is 29.3 Å². The van der Waals surface area contributed by atoms with Crippen molar-refractivity contribution in [1.29, 1.82) is 0 Å². The third-order valence-electron chi connectivity index (χ3n) is 3.97. The molecule has 1 N–H and O–H groups in total. The van der Waals surface area contributed by atoms with Gasteiger partial charge in [0.25, 0.3) is 0 Å².